The van der Waals surface area contributed by atoms with Gasteiger partial charge >= 0.3 is 0 Å². The second-order valence-electron chi connectivity index (χ2n) is 4.91. The van der Waals surface area contributed by atoms with Gasteiger partial charge in [0.2, 0.25) is 5.95 Å². The van der Waals surface area contributed by atoms with Crippen LogP contribution in [0.3, 0.4) is 0 Å². The third-order valence-electron chi connectivity index (χ3n) is 3.28. The molecule has 21 heavy (non-hydrogen) atoms. The van der Waals surface area contributed by atoms with Gasteiger partial charge in [0.1, 0.15) is 5.82 Å². The predicted molar refractivity (Wildman–Crippen MR) is 90.1 cm³/mol. The fourth-order valence-corrected chi connectivity index (χ4v) is 2.98. The number of thiophene rings is 1. The number of benzene rings is 1. The molecular formula is C16H18N4S. The van der Waals surface area contributed by atoms with E-state index in [2.05, 4.69) is 50.1 Å². The van der Waals surface area contributed by atoms with E-state index in [1.807, 2.05) is 25.1 Å². The molecule has 0 aliphatic heterocycles. The molecule has 0 aliphatic carbocycles. The smallest absolute Gasteiger partial charge is 0.225 e. The van der Waals surface area contributed by atoms with Crippen LogP contribution in [0.2, 0.25) is 0 Å². The Labute approximate surface area is 128 Å². The number of aromatic nitrogens is 2. The average Bonchev–Trinajstić information content (AvgIpc) is 2.99. The van der Waals surface area contributed by atoms with Crippen molar-refractivity contribution in [3.05, 3.63) is 46.7 Å². The summed E-state index contributed by atoms with van der Waals surface area (Å²) in [5, 5.41) is 8.56. The Hall–Kier alpha value is -2.14. The van der Waals surface area contributed by atoms with Gasteiger partial charge in [-0.25, -0.2) is 4.98 Å². The highest BCUT2D eigenvalue weighted by Gasteiger charge is 2.11. The van der Waals surface area contributed by atoms with Crippen molar-refractivity contribution in [3.63, 3.8) is 0 Å². The summed E-state index contributed by atoms with van der Waals surface area (Å²) in [7, 11) is 2.07. The van der Waals surface area contributed by atoms with Gasteiger partial charge in [0.25, 0.3) is 0 Å². The molecule has 5 heteroatoms. The number of hydrogen-bond donors (Lipinski definition) is 1. The lowest BCUT2D eigenvalue weighted by atomic mass is 10.2. The molecule has 0 spiro atoms. The Morgan fingerprint density at radius 3 is 2.81 bits per heavy atom. The monoisotopic (exact) mass is 298 g/mol. The minimum absolute atomic E-state index is 0.684. The summed E-state index contributed by atoms with van der Waals surface area (Å²) in [6.07, 6.45) is 0. The summed E-state index contributed by atoms with van der Waals surface area (Å²) in [5.74, 6) is 1.64. The van der Waals surface area contributed by atoms with Crippen LogP contribution in [0.5, 0.6) is 0 Å². The van der Waals surface area contributed by atoms with Crippen molar-refractivity contribution in [1.29, 1.82) is 0 Å². The van der Waals surface area contributed by atoms with Crippen molar-refractivity contribution in [1.82, 2.24) is 9.97 Å². The normalized spacial score (nSPS) is 10.8. The van der Waals surface area contributed by atoms with Gasteiger partial charge in [-0.1, -0.05) is 12.1 Å². The van der Waals surface area contributed by atoms with Crippen LogP contribution in [0.25, 0.3) is 10.9 Å². The molecule has 2 heterocycles. The van der Waals surface area contributed by atoms with E-state index in [9.17, 15) is 0 Å². The molecule has 0 unspecified atom stereocenters. The number of fused-ring (bicyclic) bond motifs is 1. The molecule has 0 amide bonds. The highest BCUT2D eigenvalue weighted by atomic mass is 32.1. The van der Waals surface area contributed by atoms with Crippen molar-refractivity contribution in [2.75, 3.05) is 23.8 Å². The molecule has 3 aromatic rings. The molecule has 1 aromatic carbocycles. The van der Waals surface area contributed by atoms with Crippen molar-refractivity contribution in [3.8, 4) is 0 Å². The molecule has 108 valence electrons. The SMILES string of the molecule is CCNc1nc(N(C)Cc2ccsc2)c2ccccc2n1. The van der Waals surface area contributed by atoms with Crippen LogP contribution in [0, 0.1) is 0 Å². The van der Waals surface area contributed by atoms with Crippen LogP contribution in [-0.4, -0.2) is 23.6 Å². The number of rotatable bonds is 5. The molecule has 0 fully saturated rings. The summed E-state index contributed by atoms with van der Waals surface area (Å²) in [6, 6.07) is 10.3. The number of anilines is 2. The van der Waals surface area contributed by atoms with E-state index in [1.54, 1.807) is 11.3 Å². The average molecular weight is 298 g/mol. The molecule has 0 saturated heterocycles. The first-order valence-corrected chi connectivity index (χ1v) is 7.95. The van der Waals surface area contributed by atoms with Crippen LogP contribution in [0.4, 0.5) is 11.8 Å². The quantitative estimate of drug-likeness (QED) is 0.778. The number of para-hydroxylation sites is 1. The maximum absolute atomic E-state index is 4.68. The first kappa shape index (κ1) is 13.8. The number of nitrogens with one attached hydrogen (secondary N) is 1. The Balaban J connectivity index is 2.02. The molecule has 0 atom stereocenters. The van der Waals surface area contributed by atoms with Gasteiger partial charge in [0.05, 0.1) is 5.52 Å². The maximum atomic E-state index is 4.68. The lowest BCUT2D eigenvalue weighted by Gasteiger charge is -2.20. The van der Waals surface area contributed by atoms with Gasteiger partial charge in [-0.05, 0) is 41.4 Å². The second-order valence-corrected chi connectivity index (χ2v) is 5.69. The Bertz CT molecular complexity index is 724. The van der Waals surface area contributed by atoms with E-state index in [1.165, 1.54) is 5.56 Å². The summed E-state index contributed by atoms with van der Waals surface area (Å²) >= 11 is 1.72. The highest BCUT2D eigenvalue weighted by Crippen LogP contribution is 2.25. The summed E-state index contributed by atoms with van der Waals surface area (Å²) in [5.41, 5.74) is 2.27. The Morgan fingerprint density at radius 2 is 2.05 bits per heavy atom. The fraction of sp³-hybridized carbons (Fsp3) is 0.250. The van der Waals surface area contributed by atoms with E-state index in [0.717, 1.165) is 29.8 Å². The van der Waals surface area contributed by atoms with Gasteiger partial charge in [-0.2, -0.15) is 16.3 Å². The third-order valence-corrected chi connectivity index (χ3v) is 4.01. The molecule has 0 bridgehead atoms. The van der Waals surface area contributed by atoms with Gasteiger partial charge in [-0.15, -0.1) is 0 Å². The Kier molecular flexibility index (Phi) is 4.01. The van der Waals surface area contributed by atoms with Crippen molar-refractivity contribution < 1.29 is 0 Å². The molecule has 0 radical (unpaired) electrons. The van der Waals surface area contributed by atoms with Gasteiger partial charge in [0, 0.05) is 25.5 Å². The zero-order chi connectivity index (χ0) is 14.7. The summed E-state index contributed by atoms with van der Waals surface area (Å²) in [4.78, 5) is 11.4. The van der Waals surface area contributed by atoms with Crippen LogP contribution in [-0.2, 0) is 6.54 Å². The Morgan fingerprint density at radius 1 is 1.19 bits per heavy atom. The highest BCUT2D eigenvalue weighted by molar-refractivity contribution is 7.07. The minimum atomic E-state index is 0.684. The van der Waals surface area contributed by atoms with E-state index in [4.69, 9.17) is 0 Å². The van der Waals surface area contributed by atoms with Crippen molar-refractivity contribution in [2.45, 2.75) is 13.5 Å². The standard InChI is InChI=1S/C16H18N4S/c1-3-17-16-18-14-7-5-4-6-13(14)15(19-16)20(2)10-12-8-9-21-11-12/h4-9,11H,3,10H2,1-2H3,(H,17,18,19). The molecular weight excluding hydrogens is 280 g/mol. The number of nitrogens with zero attached hydrogens (tertiary/aromatic N) is 3. The number of hydrogen-bond acceptors (Lipinski definition) is 5. The van der Waals surface area contributed by atoms with Crippen molar-refractivity contribution in [2.24, 2.45) is 0 Å². The molecule has 3 rings (SSSR count). The van der Waals surface area contributed by atoms with E-state index >= 15 is 0 Å². The van der Waals surface area contributed by atoms with Crippen molar-refractivity contribution >= 4 is 34.0 Å². The predicted octanol–water partition coefficient (Wildman–Crippen LogP) is 3.76. The lowest BCUT2D eigenvalue weighted by Crippen LogP contribution is -2.19. The topological polar surface area (TPSA) is 41.1 Å². The maximum Gasteiger partial charge on any atom is 0.225 e. The van der Waals surface area contributed by atoms with Gasteiger partial charge in [-0.3, -0.25) is 0 Å². The van der Waals surface area contributed by atoms with Crippen LogP contribution >= 0.6 is 11.3 Å². The molecule has 1 N–H and O–H groups in total. The molecule has 0 aliphatic rings. The molecule has 2 aromatic heterocycles. The fourth-order valence-electron chi connectivity index (χ4n) is 2.32. The summed E-state index contributed by atoms with van der Waals surface area (Å²) in [6.45, 7) is 3.70. The first-order chi connectivity index (χ1) is 10.3. The van der Waals surface area contributed by atoms with Crippen LogP contribution in [0.1, 0.15) is 12.5 Å². The summed E-state index contributed by atoms with van der Waals surface area (Å²) < 4.78 is 0. The van der Waals surface area contributed by atoms with E-state index in [0.29, 0.717) is 5.95 Å². The van der Waals surface area contributed by atoms with Crippen LogP contribution in [0.15, 0.2) is 41.1 Å². The van der Waals surface area contributed by atoms with E-state index < -0.39 is 0 Å². The second kappa shape index (κ2) is 6.10. The van der Waals surface area contributed by atoms with Gasteiger partial charge < -0.3 is 10.2 Å². The van der Waals surface area contributed by atoms with Gasteiger partial charge in [0.15, 0.2) is 0 Å². The van der Waals surface area contributed by atoms with Crippen LogP contribution < -0.4 is 10.2 Å². The minimum Gasteiger partial charge on any atom is -0.355 e. The lowest BCUT2D eigenvalue weighted by molar-refractivity contribution is 0.903. The molecule has 0 saturated carbocycles. The zero-order valence-electron chi connectivity index (χ0n) is 12.2. The first-order valence-electron chi connectivity index (χ1n) is 7.01. The molecule has 4 nitrogen and oxygen atoms in total. The zero-order valence-corrected chi connectivity index (χ0v) is 13.0. The third kappa shape index (κ3) is 2.97. The largest absolute Gasteiger partial charge is 0.355 e. The van der Waals surface area contributed by atoms with E-state index in [-0.39, 0.29) is 0 Å².